The first kappa shape index (κ1) is 15.0. The van der Waals surface area contributed by atoms with Crippen molar-refractivity contribution >= 4 is 11.7 Å². The molecule has 2 N–H and O–H groups in total. The second-order valence-electron chi connectivity index (χ2n) is 4.99. The number of aromatic carboxylic acids is 1. The highest BCUT2D eigenvalue weighted by molar-refractivity contribution is 5.94. The molecule has 0 amide bonds. The van der Waals surface area contributed by atoms with Crippen LogP contribution in [0.1, 0.15) is 35.2 Å². The van der Waals surface area contributed by atoms with Crippen LogP contribution in [0.4, 0.5) is 10.1 Å². The molecule has 0 saturated carbocycles. The quantitative estimate of drug-likeness (QED) is 0.840. The van der Waals surface area contributed by atoms with Crippen LogP contribution in [0, 0.1) is 5.82 Å². The first-order valence-electron chi connectivity index (χ1n) is 6.90. The number of halogens is 1. The summed E-state index contributed by atoms with van der Waals surface area (Å²) in [7, 11) is 0. The average Bonchev–Trinajstić information content (AvgIpc) is 2.49. The van der Waals surface area contributed by atoms with E-state index in [4.69, 9.17) is 5.11 Å². The van der Waals surface area contributed by atoms with E-state index in [1.165, 1.54) is 23.8 Å². The number of nitrogens with one attached hydrogen (secondary N) is 1. The maximum atomic E-state index is 13.7. The third-order valence-corrected chi connectivity index (χ3v) is 3.49. The Morgan fingerprint density at radius 3 is 2.57 bits per heavy atom. The maximum absolute atomic E-state index is 13.7. The highest BCUT2D eigenvalue weighted by Gasteiger charge is 2.14. The lowest BCUT2D eigenvalue weighted by molar-refractivity contribution is 0.0697. The molecule has 110 valence electrons. The molecule has 0 aliphatic rings. The molecular weight excluding hydrogens is 269 g/mol. The van der Waals surface area contributed by atoms with E-state index in [2.05, 4.69) is 24.4 Å². The molecule has 0 fully saturated rings. The molecule has 2 rings (SSSR count). The molecular formula is C17H18FNO2. The van der Waals surface area contributed by atoms with Crippen molar-refractivity contribution in [2.24, 2.45) is 0 Å². The Morgan fingerprint density at radius 1 is 1.19 bits per heavy atom. The van der Waals surface area contributed by atoms with Gasteiger partial charge in [0.1, 0.15) is 5.82 Å². The van der Waals surface area contributed by atoms with Gasteiger partial charge in [-0.1, -0.05) is 43.3 Å². The number of rotatable bonds is 6. The van der Waals surface area contributed by atoms with Gasteiger partial charge in [-0.3, -0.25) is 0 Å². The average molecular weight is 287 g/mol. The van der Waals surface area contributed by atoms with E-state index in [-0.39, 0.29) is 11.3 Å². The van der Waals surface area contributed by atoms with Crippen molar-refractivity contribution in [2.75, 3.05) is 11.9 Å². The normalized spacial score (nSPS) is 11.9. The van der Waals surface area contributed by atoms with Crippen LogP contribution in [0.3, 0.4) is 0 Å². The number of hydrogen-bond acceptors (Lipinski definition) is 2. The Balaban J connectivity index is 1.99. The summed E-state index contributed by atoms with van der Waals surface area (Å²) in [4.78, 5) is 11.1. The van der Waals surface area contributed by atoms with Gasteiger partial charge in [-0.25, -0.2) is 9.18 Å². The zero-order valence-electron chi connectivity index (χ0n) is 11.8. The van der Waals surface area contributed by atoms with Gasteiger partial charge in [0.2, 0.25) is 0 Å². The second kappa shape index (κ2) is 6.88. The van der Waals surface area contributed by atoms with Crippen molar-refractivity contribution in [3.63, 3.8) is 0 Å². The van der Waals surface area contributed by atoms with Crippen LogP contribution in [0.25, 0.3) is 0 Å². The predicted molar refractivity (Wildman–Crippen MR) is 81.3 cm³/mol. The van der Waals surface area contributed by atoms with Gasteiger partial charge in [0.05, 0.1) is 11.3 Å². The van der Waals surface area contributed by atoms with Crippen LogP contribution in [-0.2, 0) is 0 Å². The van der Waals surface area contributed by atoms with Crippen molar-refractivity contribution in [1.82, 2.24) is 0 Å². The fraction of sp³-hybridized carbons (Fsp3) is 0.235. The fourth-order valence-corrected chi connectivity index (χ4v) is 2.24. The van der Waals surface area contributed by atoms with Gasteiger partial charge in [0.25, 0.3) is 0 Å². The summed E-state index contributed by atoms with van der Waals surface area (Å²) in [6.07, 6.45) is 0.789. The number of carbonyl (C=O) groups is 1. The lowest BCUT2D eigenvalue weighted by Crippen LogP contribution is -2.11. The Hall–Kier alpha value is -2.36. The first-order valence-corrected chi connectivity index (χ1v) is 6.90. The standard InChI is InChI=1S/C17H18FNO2/c1-12(13-6-3-2-4-7-13)10-11-19-16-14(17(20)21)8-5-9-15(16)18/h2-9,12,19H,10-11H2,1H3,(H,20,21). The van der Waals surface area contributed by atoms with Crippen LogP contribution in [-0.4, -0.2) is 17.6 Å². The molecule has 0 radical (unpaired) electrons. The van der Waals surface area contributed by atoms with E-state index in [1.54, 1.807) is 0 Å². The highest BCUT2D eigenvalue weighted by atomic mass is 19.1. The molecule has 0 heterocycles. The summed E-state index contributed by atoms with van der Waals surface area (Å²) in [6.45, 7) is 2.60. The Bertz CT molecular complexity index is 613. The zero-order valence-corrected chi connectivity index (χ0v) is 11.8. The van der Waals surface area contributed by atoms with Crippen LogP contribution >= 0.6 is 0 Å². The van der Waals surface area contributed by atoms with Crippen molar-refractivity contribution in [2.45, 2.75) is 19.3 Å². The minimum absolute atomic E-state index is 0.0395. The number of benzene rings is 2. The molecule has 0 spiro atoms. The SMILES string of the molecule is CC(CCNc1c(F)cccc1C(=O)O)c1ccccc1. The Labute approximate surface area is 123 Å². The molecule has 0 saturated heterocycles. The van der Waals surface area contributed by atoms with E-state index >= 15 is 0 Å². The fourth-order valence-electron chi connectivity index (χ4n) is 2.24. The number of para-hydroxylation sites is 1. The molecule has 2 aromatic rings. The van der Waals surface area contributed by atoms with E-state index in [0.717, 1.165) is 6.42 Å². The van der Waals surface area contributed by atoms with Gasteiger partial charge < -0.3 is 10.4 Å². The number of carboxylic acid groups (broad SMARTS) is 1. The summed E-state index contributed by atoms with van der Waals surface area (Å²) in [5, 5.41) is 12.0. The van der Waals surface area contributed by atoms with E-state index in [9.17, 15) is 9.18 Å². The number of anilines is 1. The molecule has 4 heteroatoms. The molecule has 21 heavy (non-hydrogen) atoms. The van der Waals surface area contributed by atoms with Gasteiger partial charge in [0, 0.05) is 6.54 Å². The monoisotopic (exact) mass is 287 g/mol. The van der Waals surface area contributed by atoms with E-state index in [0.29, 0.717) is 12.5 Å². The minimum atomic E-state index is -1.13. The zero-order chi connectivity index (χ0) is 15.2. The smallest absolute Gasteiger partial charge is 0.337 e. The van der Waals surface area contributed by atoms with Crippen LogP contribution in [0.15, 0.2) is 48.5 Å². The molecule has 0 aliphatic heterocycles. The number of hydrogen-bond donors (Lipinski definition) is 2. The van der Waals surface area contributed by atoms with Crippen LogP contribution in [0.2, 0.25) is 0 Å². The number of carboxylic acids is 1. The third kappa shape index (κ3) is 3.81. The summed E-state index contributed by atoms with van der Waals surface area (Å²) in [6, 6.07) is 14.1. The molecule has 3 nitrogen and oxygen atoms in total. The van der Waals surface area contributed by atoms with Crippen molar-refractivity contribution < 1.29 is 14.3 Å². The highest BCUT2D eigenvalue weighted by Crippen LogP contribution is 2.22. The van der Waals surface area contributed by atoms with Crippen LogP contribution < -0.4 is 5.32 Å². The van der Waals surface area contributed by atoms with Gasteiger partial charge in [0.15, 0.2) is 0 Å². The molecule has 0 aliphatic carbocycles. The second-order valence-corrected chi connectivity index (χ2v) is 4.99. The largest absolute Gasteiger partial charge is 0.478 e. The lowest BCUT2D eigenvalue weighted by Gasteiger charge is -2.14. The topological polar surface area (TPSA) is 49.3 Å². The maximum Gasteiger partial charge on any atom is 0.337 e. The summed E-state index contributed by atoms with van der Waals surface area (Å²) < 4.78 is 13.7. The predicted octanol–water partition coefficient (Wildman–Crippen LogP) is 4.13. The first-order chi connectivity index (χ1) is 10.1. The van der Waals surface area contributed by atoms with Gasteiger partial charge in [-0.2, -0.15) is 0 Å². The Morgan fingerprint density at radius 2 is 1.90 bits per heavy atom. The van der Waals surface area contributed by atoms with Crippen molar-refractivity contribution in [1.29, 1.82) is 0 Å². The minimum Gasteiger partial charge on any atom is -0.478 e. The van der Waals surface area contributed by atoms with E-state index in [1.807, 2.05) is 18.2 Å². The molecule has 1 unspecified atom stereocenters. The lowest BCUT2D eigenvalue weighted by atomic mass is 9.98. The summed E-state index contributed by atoms with van der Waals surface area (Å²) in [5.41, 5.74) is 1.24. The molecule has 0 aromatic heterocycles. The van der Waals surface area contributed by atoms with Crippen LogP contribution in [0.5, 0.6) is 0 Å². The third-order valence-electron chi connectivity index (χ3n) is 3.49. The van der Waals surface area contributed by atoms with Gasteiger partial charge in [-0.05, 0) is 30.0 Å². The van der Waals surface area contributed by atoms with Gasteiger partial charge in [-0.15, -0.1) is 0 Å². The Kier molecular flexibility index (Phi) is 4.93. The molecule has 1 atom stereocenters. The summed E-state index contributed by atoms with van der Waals surface area (Å²) in [5.74, 6) is -1.35. The summed E-state index contributed by atoms with van der Waals surface area (Å²) >= 11 is 0. The van der Waals surface area contributed by atoms with Crippen molar-refractivity contribution in [3.05, 3.63) is 65.5 Å². The van der Waals surface area contributed by atoms with E-state index < -0.39 is 11.8 Å². The van der Waals surface area contributed by atoms with Gasteiger partial charge >= 0.3 is 5.97 Å². The van der Waals surface area contributed by atoms with Crippen molar-refractivity contribution in [3.8, 4) is 0 Å². The molecule has 2 aromatic carbocycles. The molecule has 0 bridgehead atoms.